The van der Waals surface area contributed by atoms with Crippen LogP contribution in [0.5, 0.6) is 0 Å². The van der Waals surface area contributed by atoms with Crippen molar-refractivity contribution in [3.63, 3.8) is 0 Å². The number of amides is 1. The molecular weight excluding hydrogens is 232 g/mol. The first-order chi connectivity index (χ1) is 8.81. The molecule has 0 aliphatic carbocycles. The fraction of sp³-hybridized carbons (Fsp3) is 0.667. The third-order valence-corrected chi connectivity index (χ3v) is 3.08. The summed E-state index contributed by atoms with van der Waals surface area (Å²) in [6.45, 7) is 3.01. The molecule has 1 aliphatic heterocycles. The molecule has 1 amide bonds. The number of nitrogens with one attached hydrogen (secondary N) is 2. The first kappa shape index (κ1) is 13.0. The number of piperidine rings is 1. The number of rotatable bonds is 5. The molecule has 2 heterocycles. The molecule has 6 heteroatoms. The minimum Gasteiger partial charge on any atom is -0.383 e. The van der Waals surface area contributed by atoms with Crippen molar-refractivity contribution in [2.24, 2.45) is 0 Å². The maximum atomic E-state index is 11.8. The number of nitrogens with zero attached hydrogens (tertiary/aromatic N) is 2. The third kappa shape index (κ3) is 3.30. The topological polar surface area (TPSA) is 68.2 Å². The van der Waals surface area contributed by atoms with Gasteiger partial charge in [0.05, 0.1) is 12.6 Å². The number of carbonyl (C=O) groups excluding carboxylic acids is 1. The molecule has 1 saturated heterocycles. The SMILES string of the molecule is COCCNC(=O)c1ccn(C2CCCNC2)n1. The molecule has 0 radical (unpaired) electrons. The number of aromatic nitrogens is 2. The van der Waals surface area contributed by atoms with Gasteiger partial charge in [0.25, 0.3) is 5.91 Å². The fourth-order valence-corrected chi connectivity index (χ4v) is 2.08. The van der Waals surface area contributed by atoms with Gasteiger partial charge in [-0.1, -0.05) is 0 Å². The summed E-state index contributed by atoms with van der Waals surface area (Å²) in [5.41, 5.74) is 0.469. The zero-order valence-corrected chi connectivity index (χ0v) is 10.7. The standard InChI is InChI=1S/C12H20N4O2/c1-18-8-6-14-12(17)11-4-7-16(15-11)10-3-2-5-13-9-10/h4,7,10,13H,2-3,5-6,8-9H2,1H3,(H,14,17). The Kier molecular flexibility index (Phi) is 4.72. The highest BCUT2D eigenvalue weighted by molar-refractivity contribution is 5.92. The molecule has 1 unspecified atom stereocenters. The van der Waals surface area contributed by atoms with Crippen LogP contribution in [0.25, 0.3) is 0 Å². The molecule has 0 saturated carbocycles. The van der Waals surface area contributed by atoms with Crippen molar-refractivity contribution in [3.8, 4) is 0 Å². The van der Waals surface area contributed by atoms with Crippen LogP contribution >= 0.6 is 0 Å². The van der Waals surface area contributed by atoms with E-state index in [1.807, 2.05) is 10.9 Å². The highest BCUT2D eigenvalue weighted by Crippen LogP contribution is 2.15. The van der Waals surface area contributed by atoms with Crippen molar-refractivity contribution >= 4 is 5.91 Å². The van der Waals surface area contributed by atoms with E-state index >= 15 is 0 Å². The van der Waals surface area contributed by atoms with Crippen LogP contribution in [0.1, 0.15) is 29.4 Å². The molecule has 6 nitrogen and oxygen atoms in total. The molecule has 1 atom stereocenters. The molecule has 0 aromatic carbocycles. The van der Waals surface area contributed by atoms with E-state index < -0.39 is 0 Å². The van der Waals surface area contributed by atoms with Gasteiger partial charge in [-0.2, -0.15) is 5.10 Å². The number of hydrogen-bond acceptors (Lipinski definition) is 4. The molecular formula is C12H20N4O2. The van der Waals surface area contributed by atoms with Crippen LogP contribution in [0.15, 0.2) is 12.3 Å². The Bertz CT molecular complexity index is 385. The second kappa shape index (κ2) is 6.51. The van der Waals surface area contributed by atoms with Gasteiger partial charge in [0, 0.05) is 26.4 Å². The molecule has 1 fully saturated rings. The minimum absolute atomic E-state index is 0.144. The molecule has 100 valence electrons. The van der Waals surface area contributed by atoms with Gasteiger partial charge in [0.1, 0.15) is 5.69 Å². The van der Waals surface area contributed by atoms with Crippen molar-refractivity contribution in [1.82, 2.24) is 20.4 Å². The van der Waals surface area contributed by atoms with Crippen LogP contribution in [0.3, 0.4) is 0 Å². The van der Waals surface area contributed by atoms with Crippen molar-refractivity contribution in [2.75, 3.05) is 33.4 Å². The summed E-state index contributed by atoms with van der Waals surface area (Å²) in [6.07, 6.45) is 4.14. The molecule has 0 bridgehead atoms. The van der Waals surface area contributed by atoms with Crippen molar-refractivity contribution in [2.45, 2.75) is 18.9 Å². The second-order valence-corrected chi connectivity index (χ2v) is 4.43. The van der Waals surface area contributed by atoms with Gasteiger partial charge in [-0.3, -0.25) is 9.48 Å². The van der Waals surface area contributed by atoms with Crippen molar-refractivity contribution in [1.29, 1.82) is 0 Å². The van der Waals surface area contributed by atoms with E-state index in [-0.39, 0.29) is 5.91 Å². The van der Waals surface area contributed by atoms with Crippen LogP contribution in [-0.2, 0) is 4.74 Å². The lowest BCUT2D eigenvalue weighted by atomic mass is 10.1. The van der Waals surface area contributed by atoms with Gasteiger partial charge in [-0.05, 0) is 25.5 Å². The number of carbonyl (C=O) groups is 1. The number of methoxy groups -OCH3 is 1. The molecule has 2 rings (SSSR count). The van der Waals surface area contributed by atoms with E-state index in [1.54, 1.807) is 13.2 Å². The normalized spacial score (nSPS) is 19.7. The van der Waals surface area contributed by atoms with Crippen LogP contribution in [0, 0.1) is 0 Å². The maximum Gasteiger partial charge on any atom is 0.271 e. The quantitative estimate of drug-likeness (QED) is 0.734. The minimum atomic E-state index is -0.144. The second-order valence-electron chi connectivity index (χ2n) is 4.43. The summed E-state index contributed by atoms with van der Waals surface area (Å²) >= 11 is 0. The van der Waals surface area contributed by atoms with Gasteiger partial charge >= 0.3 is 0 Å². The zero-order valence-electron chi connectivity index (χ0n) is 10.7. The zero-order chi connectivity index (χ0) is 12.8. The van der Waals surface area contributed by atoms with Gasteiger partial charge in [0.15, 0.2) is 0 Å². The first-order valence-electron chi connectivity index (χ1n) is 6.34. The Balaban J connectivity index is 1.90. The van der Waals surface area contributed by atoms with Gasteiger partial charge in [-0.25, -0.2) is 0 Å². The number of ether oxygens (including phenoxy) is 1. The molecule has 2 N–H and O–H groups in total. The fourth-order valence-electron chi connectivity index (χ4n) is 2.08. The van der Waals surface area contributed by atoms with E-state index in [0.29, 0.717) is 24.9 Å². The summed E-state index contributed by atoms with van der Waals surface area (Å²) in [5.74, 6) is -0.144. The Morgan fingerprint density at radius 3 is 3.33 bits per heavy atom. The van der Waals surface area contributed by atoms with Crippen molar-refractivity contribution < 1.29 is 9.53 Å². The number of hydrogen-bond donors (Lipinski definition) is 2. The Labute approximate surface area is 107 Å². The highest BCUT2D eigenvalue weighted by Gasteiger charge is 2.17. The van der Waals surface area contributed by atoms with Crippen molar-refractivity contribution in [3.05, 3.63) is 18.0 Å². The summed E-state index contributed by atoms with van der Waals surface area (Å²) in [6, 6.07) is 2.12. The van der Waals surface area contributed by atoms with E-state index in [0.717, 1.165) is 25.9 Å². The van der Waals surface area contributed by atoms with Crippen LogP contribution < -0.4 is 10.6 Å². The lowest BCUT2D eigenvalue weighted by Crippen LogP contribution is -2.32. The highest BCUT2D eigenvalue weighted by atomic mass is 16.5. The molecule has 1 aromatic heterocycles. The molecule has 1 aliphatic rings. The average molecular weight is 252 g/mol. The lowest BCUT2D eigenvalue weighted by Gasteiger charge is -2.22. The monoisotopic (exact) mass is 252 g/mol. The first-order valence-corrected chi connectivity index (χ1v) is 6.34. The lowest BCUT2D eigenvalue weighted by molar-refractivity contribution is 0.0930. The van der Waals surface area contributed by atoms with Crippen LogP contribution in [0.4, 0.5) is 0 Å². The van der Waals surface area contributed by atoms with Gasteiger partial charge in [0.2, 0.25) is 0 Å². The molecule has 1 aromatic rings. The smallest absolute Gasteiger partial charge is 0.271 e. The Morgan fingerprint density at radius 1 is 1.72 bits per heavy atom. The van der Waals surface area contributed by atoms with Gasteiger partial charge in [-0.15, -0.1) is 0 Å². The Hall–Kier alpha value is -1.40. The summed E-state index contributed by atoms with van der Waals surface area (Å²) in [7, 11) is 1.61. The average Bonchev–Trinajstić information content (AvgIpc) is 2.89. The van der Waals surface area contributed by atoms with E-state index in [4.69, 9.17) is 4.74 Å². The summed E-state index contributed by atoms with van der Waals surface area (Å²) < 4.78 is 6.77. The van der Waals surface area contributed by atoms with E-state index in [2.05, 4.69) is 15.7 Å². The molecule has 0 spiro atoms. The maximum absolute atomic E-state index is 11.8. The third-order valence-electron chi connectivity index (χ3n) is 3.08. The van der Waals surface area contributed by atoms with Crippen LogP contribution in [-0.4, -0.2) is 49.0 Å². The van der Waals surface area contributed by atoms with Gasteiger partial charge < -0.3 is 15.4 Å². The van der Waals surface area contributed by atoms with E-state index in [9.17, 15) is 4.79 Å². The predicted molar refractivity (Wildman–Crippen MR) is 67.6 cm³/mol. The molecule has 18 heavy (non-hydrogen) atoms. The van der Waals surface area contributed by atoms with Crippen LogP contribution in [0.2, 0.25) is 0 Å². The van der Waals surface area contributed by atoms with E-state index in [1.165, 1.54) is 0 Å². The Morgan fingerprint density at radius 2 is 2.61 bits per heavy atom. The summed E-state index contributed by atoms with van der Waals surface area (Å²) in [5, 5.41) is 10.4. The largest absolute Gasteiger partial charge is 0.383 e. The predicted octanol–water partition coefficient (Wildman–Crippen LogP) is 0.184. The summed E-state index contributed by atoms with van der Waals surface area (Å²) in [4.78, 5) is 11.8.